The van der Waals surface area contributed by atoms with Crippen LogP contribution < -0.4 is 10.2 Å². The number of carbonyl (C=O) groups is 2. The van der Waals surface area contributed by atoms with Gasteiger partial charge in [0.25, 0.3) is 11.8 Å². The number of hydrazine groups is 1. The first-order valence-corrected chi connectivity index (χ1v) is 12.1. The first kappa shape index (κ1) is 23.5. The molecule has 0 saturated carbocycles. The normalized spacial score (nSPS) is 14.6. The lowest BCUT2D eigenvalue weighted by atomic mass is 10.2. The van der Waals surface area contributed by atoms with Crippen molar-refractivity contribution in [2.75, 3.05) is 0 Å². The van der Waals surface area contributed by atoms with Gasteiger partial charge >= 0.3 is 0 Å². The minimum absolute atomic E-state index is 0.237. The topological polar surface area (TPSA) is 58.6 Å². The minimum Gasteiger partial charge on any atom is -0.489 e. The SMILES string of the molecule is O=C(NN1C(=O)/C(=C\c2ccc(OCc3ccc(Br)cc3)cc2)SC1=S)c1ccccc1Cl. The van der Waals surface area contributed by atoms with E-state index in [0.29, 0.717) is 16.5 Å². The van der Waals surface area contributed by atoms with Gasteiger partial charge in [-0.15, -0.1) is 0 Å². The second-order valence-electron chi connectivity index (χ2n) is 6.92. The quantitative estimate of drug-likeness (QED) is 0.287. The van der Waals surface area contributed by atoms with Crippen molar-refractivity contribution in [2.45, 2.75) is 6.61 Å². The number of benzene rings is 3. The summed E-state index contributed by atoms with van der Waals surface area (Å²) in [6.45, 7) is 0.455. The van der Waals surface area contributed by atoms with Gasteiger partial charge in [0, 0.05) is 4.47 Å². The largest absolute Gasteiger partial charge is 0.489 e. The number of nitrogens with one attached hydrogen (secondary N) is 1. The molecular formula is C24H16BrClN2O3S2. The van der Waals surface area contributed by atoms with Gasteiger partial charge in [-0.25, -0.2) is 0 Å². The fourth-order valence-corrected chi connectivity index (χ4v) is 4.60. The van der Waals surface area contributed by atoms with E-state index in [4.69, 9.17) is 28.6 Å². The van der Waals surface area contributed by atoms with Crippen LogP contribution in [-0.2, 0) is 11.4 Å². The minimum atomic E-state index is -0.509. The van der Waals surface area contributed by atoms with Gasteiger partial charge in [0.2, 0.25) is 0 Å². The van der Waals surface area contributed by atoms with Crippen molar-refractivity contribution in [3.8, 4) is 5.75 Å². The highest BCUT2D eigenvalue weighted by Crippen LogP contribution is 2.32. The summed E-state index contributed by atoms with van der Waals surface area (Å²) >= 11 is 15.9. The molecule has 33 heavy (non-hydrogen) atoms. The van der Waals surface area contributed by atoms with Crippen molar-refractivity contribution in [3.63, 3.8) is 0 Å². The van der Waals surface area contributed by atoms with Crippen LogP contribution in [-0.4, -0.2) is 21.1 Å². The maximum Gasteiger partial charge on any atom is 0.285 e. The van der Waals surface area contributed by atoms with Gasteiger partial charge in [-0.2, -0.15) is 5.01 Å². The third-order valence-electron chi connectivity index (χ3n) is 4.62. The molecule has 9 heteroatoms. The number of thioether (sulfide) groups is 1. The molecule has 0 aromatic heterocycles. The molecule has 1 N–H and O–H groups in total. The molecule has 1 heterocycles. The molecule has 0 bridgehead atoms. The molecule has 3 aromatic carbocycles. The summed E-state index contributed by atoms with van der Waals surface area (Å²) in [6, 6.07) is 21.9. The molecule has 1 fully saturated rings. The van der Waals surface area contributed by atoms with Crippen LogP contribution in [0, 0.1) is 0 Å². The molecule has 1 saturated heterocycles. The van der Waals surface area contributed by atoms with Crippen LogP contribution in [0.4, 0.5) is 0 Å². The Labute approximate surface area is 213 Å². The van der Waals surface area contributed by atoms with Crippen molar-refractivity contribution < 1.29 is 14.3 Å². The number of ether oxygens (including phenoxy) is 1. The van der Waals surface area contributed by atoms with Gasteiger partial charge < -0.3 is 4.74 Å². The van der Waals surface area contributed by atoms with Crippen LogP contribution >= 0.6 is 51.5 Å². The number of hydrogen-bond donors (Lipinski definition) is 1. The summed E-state index contributed by atoms with van der Waals surface area (Å²) in [4.78, 5) is 25.7. The lowest BCUT2D eigenvalue weighted by Crippen LogP contribution is -2.44. The monoisotopic (exact) mass is 558 g/mol. The zero-order chi connectivity index (χ0) is 23.4. The summed E-state index contributed by atoms with van der Waals surface area (Å²) < 4.78 is 7.07. The Morgan fingerprint density at radius 1 is 1.09 bits per heavy atom. The van der Waals surface area contributed by atoms with E-state index in [2.05, 4.69) is 21.4 Å². The highest BCUT2D eigenvalue weighted by Gasteiger charge is 2.34. The lowest BCUT2D eigenvalue weighted by Gasteiger charge is -2.16. The molecule has 4 rings (SSSR count). The summed E-state index contributed by atoms with van der Waals surface area (Å²) in [5.74, 6) is -0.194. The molecule has 0 atom stereocenters. The smallest absolute Gasteiger partial charge is 0.285 e. The summed E-state index contributed by atoms with van der Waals surface area (Å²) in [5, 5.41) is 1.35. The van der Waals surface area contributed by atoms with E-state index in [1.54, 1.807) is 30.3 Å². The molecular weight excluding hydrogens is 544 g/mol. The van der Waals surface area contributed by atoms with Crippen LogP contribution in [0.2, 0.25) is 5.02 Å². The molecule has 1 aliphatic heterocycles. The van der Waals surface area contributed by atoms with Gasteiger partial charge in [-0.1, -0.05) is 75.7 Å². The Bertz CT molecular complexity index is 1250. The molecule has 5 nitrogen and oxygen atoms in total. The number of nitrogens with zero attached hydrogens (tertiary/aromatic N) is 1. The van der Waals surface area contributed by atoms with E-state index in [9.17, 15) is 9.59 Å². The molecule has 0 spiro atoms. The summed E-state index contributed by atoms with van der Waals surface area (Å²) in [6.07, 6.45) is 1.72. The third kappa shape index (κ3) is 5.83. The second-order valence-corrected chi connectivity index (χ2v) is 9.92. The highest BCUT2D eigenvalue weighted by atomic mass is 79.9. The molecule has 0 aliphatic carbocycles. The third-order valence-corrected chi connectivity index (χ3v) is 6.78. The zero-order valence-electron chi connectivity index (χ0n) is 17.0. The fourth-order valence-electron chi connectivity index (χ4n) is 2.93. The molecule has 3 aromatic rings. The van der Waals surface area contributed by atoms with E-state index in [-0.39, 0.29) is 9.88 Å². The van der Waals surface area contributed by atoms with Crippen LogP contribution in [0.15, 0.2) is 82.2 Å². The Morgan fingerprint density at radius 2 is 1.79 bits per heavy atom. The van der Waals surface area contributed by atoms with Crippen LogP contribution in [0.3, 0.4) is 0 Å². The number of carbonyl (C=O) groups excluding carboxylic acids is 2. The van der Waals surface area contributed by atoms with Gasteiger partial charge in [0.05, 0.1) is 15.5 Å². The first-order chi connectivity index (χ1) is 15.9. The van der Waals surface area contributed by atoms with Crippen molar-refractivity contribution in [1.82, 2.24) is 10.4 Å². The average molecular weight is 560 g/mol. The number of hydrogen-bond acceptors (Lipinski definition) is 5. The highest BCUT2D eigenvalue weighted by molar-refractivity contribution is 9.10. The van der Waals surface area contributed by atoms with Crippen molar-refractivity contribution in [2.24, 2.45) is 0 Å². The number of amides is 2. The molecule has 166 valence electrons. The number of rotatable bonds is 6. The fraction of sp³-hybridized carbons (Fsp3) is 0.0417. The van der Waals surface area contributed by atoms with Crippen LogP contribution in [0.1, 0.15) is 21.5 Å². The van der Waals surface area contributed by atoms with Crippen molar-refractivity contribution in [3.05, 3.63) is 104 Å². The van der Waals surface area contributed by atoms with Gasteiger partial charge in [-0.05, 0) is 65.8 Å². The Balaban J connectivity index is 1.40. The standard InChI is InChI=1S/C24H16BrClN2O3S2/c25-17-9-5-16(6-10-17)14-31-18-11-7-15(8-12-18)13-21-23(30)28(24(32)33-21)27-22(29)19-3-1-2-4-20(19)26/h1-13H,14H2,(H,27,29)/b21-13+. The van der Waals surface area contributed by atoms with E-state index in [1.165, 1.54) is 0 Å². The predicted octanol–water partition coefficient (Wildman–Crippen LogP) is 6.23. The number of thiocarbonyl (C=S) groups is 1. The number of halogens is 2. The first-order valence-electron chi connectivity index (χ1n) is 9.71. The predicted molar refractivity (Wildman–Crippen MR) is 139 cm³/mol. The Hall–Kier alpha value is -2.65. The second kappa shape index (κ2) is 10.5. The van der Waals surface area contributed by atoms with Gasteiger partial charge in [-0.3, -0.25) is 15.0 Å². The van der Waals surface area contributed by atoms with E-state index >= 15 is 0 Å². The Morgan fingerprint density at radius 3 is 2.48 bits per heavy atom. The van der Waals surface area contributed by atoms with Gasteiger partial charge in [0.1, 0.15) is 12.4 Å². The van der Waals surface area contributed by atoms with E-state index < -0.39 is 11.8 Å². The molecule has 1 aliphatic rings. The van der Waals surface area contributed by atoms with E-state index in [0.717, 1.165) is 38.1 Å². The van der Waals surface area contributed by atoms with Gasteiger partial charge in [0.15, 0.2) is 4.32 Å². The van der Waals surface area contributed by atoms with Crippen LogP contribution in [0.25, 0.3) is 6.08 Å². The average Bonchev–Trinajstić information content (AvgIpc) is 3.07. The zero-order valence-corrected chi connectivity index (χ0v) is 20.9. The molecule has 0 unspecified atom stereocenters. The Kier molecular flexibility index (Phi) is 7.49. The molecule has 2 amide bonds. The van der Waals surface area contributed by atoms with Crippen LogP contribution in [0.5, 0.6) is 5.75 Å². The lowest BCUT2D eigenvalue weighted by molar-refractivity contribution is -0.123. The maximum atomic E-state index is 12.8. The maximum absolute atomic E-state index is 12.8. The van der Waals surface area contributed by atoms with E-state index in [1.807, 2.05) is 48.5 Å². The summed E-state index contributed by atoms with van der Waals surface area (Å²) in [5.41, 5.74) is 4.66. The molecule has 0 radical (unpaired) electrons. The summed E-state index contributed by atoms with van der Waals surface area (Å²) in [7, 11) is 0. The van der Waals surface area contributed by atoms with Crippen molar-refractivity contribution >= 4 is 73.7 Å². The van der Waals surface area contributed by atoms with Crippen molar-refractivity contribution in [1.29, 1.82) is 0 Å².